The maximum absolute atomic E-state index is 4.34. The number of pyridine rings is 1. The Morgan fingerprint density at radius 2 is 2.13 bits per heavy atom. The Hall–Kier alpha value is -1.68. The van der Waals surface area contributed by atoms with Crippen LogP contribution in [0.5, 0.6) is 0 Å². The van der Waals surface area contributed by atoms with E-state index in [-0.39, 0.29) is 0 Å². The summed E-state index contributed by atoms with van der Waals surface area (Å²) in [5, 5.41) is 10.8. The molecule has 3 rings (SSSR count). The van der Waals surface area contributed by atoms with Crippen molar-refractivity contribution in [1.29, 1.82) is 0 Å². The fraction of sp³-hybridized carbons (Fsp3) is 0. The molecule has 0 saturated carbocycles. The topological polar surface area (TPSA) is 39.4 Å². The summed E-state index contributed by atoms with van der Waals surface area (Å²) in [4.78, 5) is 4.34. The molecule has 0 unspecified atom stereocenters. The van der Waals surface area contributed by atoms with Crippen molar-refractivity contribution in [3.8, 4) is 0 Å². The average Bonchev–Trinajstić information content (AvgIpc) is 2.82. The summed E-state index contributed by atoms with van der Waals surface area (Å²) < 4.78 is 0. The first kappa shape index (κ1) is 8.61. The van der Waals surface area contributed by atoms with Crippen LogP contribution in [0.3, 0.4) is 0 Å². The van der Waals surface area contributed by atoms with Crippen LogP contribution < -0.4 is 5.10 Å². The molecule has 70 valence electrons. The molecule has 0 fully saturated rings. The van der Waals surface area contributed by atoms with E-state index < -0.39 is 0 Å². The van der Waals surface area contributed by atoms with E-state index in [9.17, 15) is 0 Å². The van der Waals surface area contributed by atoms with Crippen LogP contribution in [-0.2, 0) is 0 Å². The monoisotopic (exact) mass is 212 g/mol. The first-order chi connectivity index (χ1) is 7.45. The van der Waals surface area contributed by atoms with Crippen LogP contribution in [0.25, 0.3) is 10.8 Å². The van der Waals surface area contributed by atoms with Gasteiger partial charge in [0.25, 0.3) is 0 Å². The largest absolute Gasteiger partial charge is 0.379 e. The average molecular weight is 212 g/mol. The highest BCUT2D eigenvalue weighted by molar-refractivity contribution is 8.25. The maximum atomic E-state index is 4.34. The zero-order valence-corrected chi connectivity index (χ0v) is 8.53. The summed E-state index contributed by atoms with van der Waals surface area (Å²) in [6, 6.07) is 10.1. The van der Waals surface area contributed by atoms with Crippen LogP contribution in [0.1, 0.15) is 5.69 Å². The van der Waals surface area contributed by atoms with E-state index in [2.05, 4.69) is 26.8 Å². The molecule has 1 aromatic heterocycles. The van der Waals surface area contributed by atoms with Crippen molar-refractivity contribution < 1.29 is 0 Å². The highest BCUT2D eigenvalue weighted by Crippen LogP contribution is 2.20. The second-order valence-corrected chi connectivity index (χ2v) is 3.85. The van der Waals surface area contributed by atoms with Crippen LogP contribution in [0.2, 0.25) is 0 Å². The summed E-state index contributed by atoms with van der Waals surface area (Å²) >= 11 is 1.38. The van der Waals surface area contributed by atoms with Crippen LogP contribution in [0.4, 0.5) is 0 Å². The highest BCUT2D eigenvalue weighted by Gasteiger charge is 2.24. The molecule has 1 aliphatic heterocycles. The normalized spacial score (nSPS) is 14.5. The second kappa shape index (κ2) is 3.47. The molecule has 0 saturated heterocycles. The molecule has 0 atom stereocenters. The number of nitrogens with zero attached hydrogens (tertiary/aromatic N) is 3. The van der Waals surface area contributed by atoms with E-state index in [1.54, 1.807) is 6.20 Å². The van der Waals surface area contributed by atoms with Crippen LogP contribution in [0, 0.1) is 0 Å². The van der Waals surface area contributed by atoms with Gasteiger partial charge in [-0.15, -0.1) is 0 Å². The Morgan fingerprint density at radius 1 is 1.20 bits per heavy atom. The van der Waals surface area contributed by atoms with Crippen molar-refractivity contribution in [2.75, 3.05) is 0 Å². The zero-order valence-electron chi connectivity index (χ0n) is 7.71. The molecule has 0 aliphatic carbocycles. The number of aromatic nitrogens is 1. The smallest absolute Gasteiger partial charge is 0.248 e. The van der Waals surface area contributed by atoms with Gasteiger partial charge in [0.15, 0.2) is 5.69 Å². The first-order valence-electron chi connectivity index (χ1n) is 4.49. The molecule has 2 radical (unpaired) electrons. The minimum Gasteiger partial charge on any atom is -0.248 e. The first-order valence-corrected chi connectivity index (χ1v) is 5.30. The van der Waals surface area contributed by atoms with Crippen molar-refractivity contribution in [1.82, 2.24) is 10.1 Å². The Bertz CT molecular complexity index is 570. The molecule has 0 bridgehead atoms. The molecule has 2 aromatic rings. The van der Waals surface area contributed by atoms with Gasteiger partial charge in [0.1, 0.15) is 0 Å². The zero-order chi connectivity index (χ0) is 10.1. The van der Waals surface area contributed by atoms with Gasteiger partial charge in [-0.2, -0.15) is 0 Å². The lowest BCUT2D eigenvalue weighted by Crippen LogP contribution is -2.01. The lowest BCUT2D eigenvalue weighted by molar-refractivity contribution is 1.12. The summed E-state index contributed by atoms with van der Waals surface area (Å²) in [6.45, 7) is 0. The van der Waals surface area contributed by atoms with Gasteiger partial charge in [-0.3, -0.25) is 0 Å². The van der Waals surface area contributed by atoms with Crippen molar-refractivity contribution >= 4 is 33.1 Å². The summed E-state index contributed by atoms with van der Waals surface area (Å²) in [7, 11) is 0. The third-order valence-corrected chi connectivity index (χ3v) is 2.84. The molecule has 0 N–H and O–H groups in total. The highest BCUT2D eigenvalue weighted by atomic mass is 32.2. The number of thioether (sulfide) groups is 1. The predicted molar refractivity (Wildman–Crippen MR) is 63.0 cm³/mol. The molecule has 15 heavy (non-hydrogen) atoms. The molecule has 4 heteroatoms. The standard InChI is InChI=1S/C11H6N3S/c1-2-4-9-8(3-1)5-6-12-10(9)11-14-13-7-15-11/h1-6H/q+1. The number of hydrogen-bond donors (Lipinski definition) is 0. The van der Waals surface area contributed by atoms with Crippen LogP contribution in [0.15, 0.2) is 41.6 Å². The number of benzene rings is 1. The maximum Gasteiger partial charge on any atom is 0.379 e. The van der Waals surface area contributed by atoms with E-state index in [1.807, 2.05) is 24.3 Å². The number of fused-ring (bicyclic) bond motifs is 1. The SMILES string of the molecule is [C]1=N[N+]=C(c2nccc3ccccc23)S1. The molecular weight excluding hydrogens is 206 g/mol. The van der Waals surface area contributed by atoms with Crippen molar-refractivity contribution in [2.24, 2.45) is 5.10 Å². The Balaban J connectivity index is 2.26. The summed E-state index contributed by atoms with van der Waals surface area (Å²) in [5.74, 6) is 0. The van der Waals surface area contributed by atoms with Gasteiger partial charge >= 0.3 is 5.04 Å². The van der Waals surface area contributed by atoms with Crippen LogP contribution in [-0.4, -0.2) is 15.6 Å². The van der Waals surface area contributed by atoms with Crippen LogP contribution >= 0.6 is 11.8 Å². The predicted octanol–water partition coefficient (Wildman–Crippen LogP) is 1.88. The fourth-order valence-corrected chi connectivity index (χ4v) is 2.04. The van der Waals surface area contributed by atoms with E-state index in [0.29, 0.717) is 0 Å². The third-order valence-electron chi connectivity index (χ3n) is 2.20. The van der Waals surface area contributed by atoms with E-state index in [0.717, 1.165) is 21.5 Å². The number of hydrogen-bond acceptors (Lipinski definition) is 4. The second-order valence-electron chi connectivity index (χ2n) is 3.08. The molecule has 2 heterocycles. The van der Waals surface area contributed by atoms with Crippen molar-refractivity contribution in [3.05, 3.63) is 42.2 Å². The minimum atomic E-state index is 0.812. The van der Waals surface area contributed by atoms with Gasteiger partial charge in [0.2, 0.25) is 10.6 Å². The minimum absolute atomic E-state index is 0.812. The van der Waals surface area contributed by atoms with Gasteiger partial charge in [-0.25, -0.2) is 4.98 Å². The van der Waals surface area contributed by atoms with E-state index in [1.165, 1.54) is 11.8 Å². The van der Waals surface area contributed by atoms with Crippen molar-refractivity contribution in [3.63, 3.8) is 0 Å². The molecular formula is C11H6N3S+. The fourth-order valence-electron chi connectivity index (χ4n) is 1.54. The van der Waals surface area contributed by atoms with Gasteiger partial charge in [-0.05, 0) is 11.5 Å². The molecule has 1 aromatic carbocycles. The molecule has 3 nitrogen and oxygen atoms in total. The Kier molecular flexibility index (Phi) is 1.99. The molecule has 0 spiro atoms. The molecule has 1 aliphatic rings. The summed E-state index contributed by atoms with van der Waals surface area (Å²) in [5.41, 5.74) is 3.61. The Labute approximate surface area is 90.9 Å². The van der Waals surface area contributed by atoms with Gasteiger partial charge in [-0.1, -0.05) is 24.3 Å². The van der Waals surface area contributed by atoms with Gasteiger partial charge in [0.05, 0.1) is 5.10 Å². The van der Waals surface area contributed by atoms with Gasteiger partial charge in [0, 0.05) is 23.3 Å². The third kappa shape index (κ3) is 1.43. The summed E-state index contributed by atoms with van der Waals surface area (Å²) in [6.07, 6.45) is 1.79. The Morgan fingerprint density at radius 3 is 3.00 bits per heavy atom. The number of rotatable bonds is 1. The van der Waals surface area contributed by atoms with E-state index >= 15 is 0 Å². The quantitative estimate of drug-likeness (QED) is 0.724. The van der Waals surface area contributed by atoms with Gasteiger partial charge < -0.3 is 0 Å². The lowest BCUT2D eigenvalue weighted by atomic mass is 10.1. The molecule has 0 amide bonds. The van der Waals surface area contributed by atoms with Crippen molar-refractivity contribution in [2.45, 2.75) is 0 Å². The van der Waals surface area contributed by atoms with E-state index in [4.69, 9.17) is 0 Å². The lowest BCUT2D eigenvalue weighted by Gasteiger charge is -1.98.